The molecular weight excluding hydrogens is 400 g/mol. The van der Waals surface area contributed by atoms with E-state index in [2.05, 4.69) is 10.3 Å². The number of anilines is 1. The number of nitro benzene ring substituents is 1. The summed E-state index contributed by atoms with van der Waals surface area (Å²) in [4.78, 5) is 41.9. The van der Waals surface area contributed by atoms with E-state index >= 15 is 0 Å². The van der Waals surface area contributed by atoms with Crippen LogP contribution in [-0.2, 0) is 4.79 Å². The maximum Gasteiger partial charge on any atom is 0.414 e. The lowest BCUT2D eigenvalue weighted by Crippen LogP contribution is -2.47. The number of carbonyl (C=O) groups excluding carboxylic acids is 2. The molecule has 0 aromatic heterocycles. The Balaban J connectivity index is 1.58. The Morgan fingerprint density at radius 1 is 1.16 bits per heavy atom. The predicted molar refractivity (Wildman–Crippen MR) is 114 cm³/mol. The molecule has 2 aliphatic rings. The Morgan fingerprint density at radius 2 is 1.84 bits per heavy atom. The molecule has 2 aromatic rings. The summed E-state index contributed by atoms with van der Waals surface area (Å²) in [7, 11) is 1.66. The number of para-hydroxylation sites is 1. The molecule has 0 spiro atoms. The van der Waals surface area contributed by atoms with Crippen molar-refractivity contribution in [2.24, 2.45) is 10.9 Å². The highest BCUT2D eigenvalue weighted by Gasteiger charge is 2.34. The van der Waals surface area contributed by atoms with Crippen molar-refractivity contribution in [1.29, 1.82) is 0 Å². The smallest absolute Gasteiger partial charge is 0.410 e. The van der Waals surface area contributed by atoms with Crippen LogP contribution in [0.1, 0.15) is 31.2 Å². The molecule has 0 bridgehead atoms. The molecule has 1 fully saturated rings. The molecule has 4 rings (SSSR count). The van der Waals surface area contributed by atoms with Crippen molar-refractivity contribution >= 4 is 29.1 Å². The van der Waals surface area contributed by atoms with Crippen molar-refractivity contribution in [3.05, 3.63) is 64.2 Å². The molecule has 1 saturated carbocycles. The summed E-state index contributed by atoms with van der Waals surface area (Å²) in [6, 6.07) is 12.7. The number of carbonyl (C=O) groups is 2. The Morgan fingerprint density at radius 3 is 2.52 bits per heavy atom. The quantitative estimate of drug-likeness (QED) is 0.596. The van der Waals surface area contributed by atoms with Gasteiger partial charge in [0.1, 0.15) is 5.75 Å². The highest BCUT2D eigenvalue weighted by atomic mass is 16.6. The van der Waals surface area contributed by atoms with Gasteiger partial charge in [0.15, 0.2) is 0 Å². The van der Waals surface area contributed by atoms with Crippen molar-refractivity contribution < 1.29 is 19.2 Å². The number of fused-ring (bicyclic) bond motifs is 1. The number of rotatable bonds is 4. The third-order valence-corrected chi connectivity index (χ3v) is 5.63. The molecular formula is C22H22N4O5. The molecule has 2 aromatic carbocycles. The molecule has 160 valence electrons. The minimum absolute atomic E-state index is 0.114. The van der Waals surface area contributed by atoms with Crippen LogP contribution in [0.2, 0.25) is 0 Å². The second kappa shape index (κ2) is 8.55. The van der Waals surface area contributed by atoms with E-state index < -0.39 is 17.2 Å². The zero-order valence-electron chi connectivity index (χ0n) is 17.0. The lowest BCUT2D eigenvalue weighted by Gasteiger charge is -2.20. The van der Waals surface area contributed by atoms with Gasteiger partial charge in [-0.05, 0) is 31.0 Å². The number of non-ortho nitro benzene ring substituents is 1. The number of benzene rings is 2. The first kappa shape index (κ1) is 20.5. The highest BCUT2D eigenvalue weighted by Crippen LogP contribution is 2.34. The molecule has 0 saturated heterocycles. The largest absolute Gasteiger partial charge is 0.414 e. The number of likely N-dealkylation sites (N-methyl/N-ethyl adjacent to an activating group) is 1. The van der Waals surface area contributed by atoms with Gasteiger partial charge in [0.25, 0.3) is 11.6 Å². The average Bonchev–Trinajstić information content (AvgIpc) is 3.27. The van der Waals surface area contributed by atoms with Gasteiger partial charge in [-0.1, -0.05) is 31.0 Å². The molecule has 31 heavy (non-hydrogen) atoms. The lowest BCUT2D eigenvalue weighted by molar-refractivity contribution is -0.384. The van der Waals surface area contributed by atoms with Crippen LogP contribution in [0.5, 0.6) is 5.75 Å². The molecule has 0 unspecified atom stereocenters. The summed E-state index contributed by atoms with van der Waals surface area (Å²) in [5.74, 6) is -0.0163. The second-order valence-corrected chi connectivity index (χ2v) is 7.60. The summed E-state index contributed by atoms with van der Waals surface area (Å²) in [6.07, 6.45) is 2.21. The van der Waals surface area contributed by atoms with Crippen molar-refractivity contribution in [3.8, 4) is 5.75 Å². The maximum absolute atomic E-state index is 13.0. The van der Waals surface area contributed by atoms with Crippen LogP contribution in [-0.4, -0.2) is 35.8 Å². The number of nitrogens with zero attached hydrogens (tertiary/aromatic N) is 3. The standard InChI is InChI=1S/C22H22N4O5/c1-25-18-9-5-4-8-17(18)19(14-6-2-3-7-14)23-20(21(25)27)24-22(28)31-16-12-10-15(11-13-16)26(29)30/h4-5,8-14,20H,2-3,6-7H2,1H3,(H,24,28)/t20-/m1/s1. The van der Waals surface area contributed by atoms with Gasteiger partial charge in [0, 0.05) is 30.7 Å². The number of nitrogens with one attached hydrogen (secondary N) is 1. The van der Waals surface area contributed by atoms with Gasteiger partial charge in [-0.15, -0.1) is 0 Å². The van der Waals surface area contributed by atoms with E-state index in [9.17, 15) is 19.7 Å². The van der Waals surface area contributed by atoms with E-state index in [0.29, 0.717) is 0 Å². The molecule has 0 radical (unpaired) electrons. The fourth-order valence-electron chi connectivity index (χ4n) is 4.05. The van der Waals surface area contributed by atoms with Crippen LogP contribution >= 0.6 is 0 Å². The third kappa shape index (κ3) is 4.25. The highest BCUT2D eigenvalue weighted by molar-refractivity contribution is 6.13. The summed E-state index contributed by atoms with van der Waals surface area (Å²) in [6.45, 7) is 0. The van der Waals surface area contributed by atoms with Crippen LogP contribution in [0, 0.1) is 16.0 Å². The normalized spacial score (nSPS) is 18.7. The Kier molecular flexibility index (Phi) is 5.66. The zero-order chi connectivity index (χ0) is 22.0. The molecule has 2 amide bonds. The minimum atomic E-state index is -1.13. The summed E-state index contributed by atoms with van der Waals surface area (Å²) in [5.41, 5.74) is 2.37. The van der Waals surface area contributed by atoms with E-state index in [1.807, 2.05) is 24.3 Å². The molecule has 1 atom stereocenters. The van der Waals surface area contributed by atoms with E-state index in [-0.39, 0.29) is 23.3 Å². The van der Waals surface area contributed by atoms with Gasteiger partial charge < -0.3 is 9.64 Å². The summed E-state index contributed by atoms with van der Waals surface area (Å²) in [5, 5.41) is 13.3. The molecule has 1 aliphatic heterocycles. The SMILES string of the molecule is CN1C(=O)[C@@H](NC(=O)Oc2ccc([N+](=O)[O-])cc2)N=C(C2CCCC2)c2ccccc21. The van der Waals surface area contributed by atoms with E-state index in [1.165, 1.54) is 29.2 Å². The first-order valence-corrected chi connectivity index (χ1v) is 10.1. The number of benzodiazepines with no additional fused rings is 1. The van der Waals surface area contributed by atoms with Crippen molar-refractivity contribution in [2.45, 2.75) is 31.8 Å². The van der Waals surface area contributed by atoms with Crippen molar-refractivity contribution in [2.75, 3.05) is 11.9 Å². The van der Waals surface area contributed by atoms with Gasteiger partial charge in [-0.2, -0.15) is 0 Å². The monoisotopic (exact) mass is 422 g/mol. The van der Waals surface area contributed by atoms with E-state index in [0.717, 1.165) is 42.6 Å². The van der Waals surface area contributed by atoms with Crippen LogP contribution in [0.15, 0.2) is 53.5 Å². The Hall–Kier alpha value is -3.75. The molecule has 1 N–H and O–H groups in total. The number of hydrogen-bond donors (Lipinski definition) is 1. The summed E-state index contributed by atoms with van der Waals surface area (Å²) < 4.78 is 5.20. The predicted octanol–water partition coefficient (Wildman–Crippen LogP) is 3.67. The van der Waals surface area contributed by atoms with Crippen molar-refractivity contribution in [1.82, 2.24) is 5.32 Å². The van der Waals surface area contributed by atoms with E-state index in [1.54, 1.807) is 7.05 Å². The van der Waals surface area contributed by atoms with Gasteiger partial charge >= 0.3 is 6.09 Å². The van der Waals surface area contributed by atoms with Gasteiger partial charge in [0.05, 0.1) is 16.3 Å². The van der Waals surface area contributed by atoms with Crippen LogP contribution < -0.4 is 15.0 Å². The fraction of sp³-hybridized carbons (Fsp3) is 0.318. The Labute approximate surface area is 178 Å². The molecule has 1 heterocycles. The number of aliphatic imine (C=N–C) groups is 1. The first-order valence-electron chi connectivity index (χ1n) is 10.1. The van der Waals surface area contributed by atoms with Crippen LogP contribution in [0.4, 0.5) is 16.2 Å². The topological polar surface area (TPSA) is 114 Å². The zero-order valence-corrected chi connectivity index (χ0v) is 17.0. The van der Waals surface area contributed by atoms with Gasteiger partial charge in [-0.25, -0.2) is 4.79 Å². The Bertz CT molecular complexity index is 1040. The van der Waals surface area contributed by atoms with Crippen LogP contribution in [0.25, 0.3) is 0 Å². The molecule has 9 nitrogen and oxygen atoms in total. The second-order valence-electron chi connectivity index (χ2n) is 7.60. The summed E-state index contributed by atoms with van der Waals surface area (Å²) >= 11 is 0. The fourth-order valence-corrected chi connectivity index (χ4v) is 4.05. The third-order valence-electron chi connectivity index (χ3n) is 5.63. The van der Waals surface area contributed by atoms with Gasteiger partial charge in [0.2, 0.25) is 6.17 Å². The lowest BCUT2D eigenvalue weighted by atomic mass is 9.94. The first-order chi connectivity index (χ1) is 14.9. The van der Waals surface area contributed by atoms with E-state index in [4.69, 9.17) is 4.74 Å². The molecule has 9 heteroatoms. The molecule has 1 aliphatic carbocycles. The number of amides is 2. The number of hydrogen-bond acceptors (Lipinski definition) is 6. The van der Waals surface area contributed by atoms with Gasteiger partial charge in [-0.3, -0.25) is 25.2 Å². The minimum Gasteiger partial charge on any atom is -0.410 e. The maximum atomic E-state index is 13.0. The van der Waals surface area contributed by atoms with Crippen LogP contribution in [0.3, 0.4) is 0 Å². The number of nitro groups is 1. The average molecular weight is 422 g/mol. The number of ether oxygens (including phenoxy) is 1. The van der Waals surface area contributed by atoms with Crippen molar-refractivity contribution in [3.63, 3.8) is 0 Å².